The molecule has 1 amide bonds. The Hall–Kier alpha value is -2.46. The minimum atomic E-state index is -3.65. The smallest absolute Gasteiger partial charge is 0.251 e. The van der Waals surface area contributed by atoms with Crippen molar-refractivity contribution in [2.45, 2.75) is 24.3 Å². The van der Waals surface area contributed by atoms with E-state index in [4.69, 9.17) is 0 Å². The molecular weight excluding hydrogens is 336 g/mol. The SMILES string of the molecule is O=C(Cn1cc(S(=O)(=O)N2CCCC2)ccc1=O)Nc1ccon1. The van der Waals surface area contributed by atoms with E-state index in [0.717, 1.165) is 23.5 Å². The van der Waals surface area contributed by atoms with Gasteiger partial charge in [-0.15, -0.1) is 0 Å². The fraction of sp³-hybridized carbons (Fsp3) is 0.357. The molecule has 2 aromatic heterocycles. The van der Waals surface area contributed by atoms with Crippen molar-refractivity contribution >= 4 is 21.7 Å². The molecule has 1 N–H and O–H groups in total. The minimum absolute atomic E-state index is 0.00163. The van der Waals surface area contributed by atoms with Gasteiger partial charge in [0.25, 0.3) is 5.56 Å². The first kappa shape index (κ1) is 16.4. The number of carbonyl (C=O) groups is 1. The maximum absolute atomic E-state index is 12.5. The lowest BCUT2D eigenvalue weighted by molar-refractivity contribution is -0.116. The van der Waals surface area contributed by atoms with E-state index in [1.54, 1.807) is 0 Å². The number of nitrogens with one attached hydrogen (secondary N) is 1. The van der Waals surface area contributed by atoms with E-state index in [1.807, 2.05) is 0 Å². The maximum atomic E-state index is 12.5. The van der Waals surface area contributed by atoms with Gasteiger partial charge in [0.15, 0.2) is 5.82 Å². The number of nitrogens with zero attached hydrogens (tertiary/aromatic N) is 3. The van der Waals surface area contributed by atoms with Crippen LogP contribution in [0.3, 0.4) is 0 Å². The molecule has 10 heteroatoms. The van der Waals surface area contributed by atoms with Crippen molar-refractivity contribution in [2.24, 2.45) is 0 Å². The van der Waals surface area contributed by atoms with Crippen LogP contribution in [0.2, 0.25) is 0 Å². The molecule has 0 aromatic carbocycles. The standard InChI is InChI=1S/C14H16N4O5S/c19-13(15-12-5-8-23-16-12)10-17-9-11(3-4-14(17)20)24(21,22)18-6-1-2-7-18/h3-5,8-9H,1-2,6-7,10H2,(H,15,16,19). The normalized spacial score (nSPS) is 15.5. The van der Waals surface area contributed by atoms with Gasteiger partial charge < -0.3 is 14.4 Å². The zero-order valence-corrected chi connectivity index (χ0v) is 13.5. The molecule has 1 aliphatic heterocycles. The highest BCUT2D eigenvalue weighted by Gasteiger charge is 2.27. The van der Waals surface area contributed by atoms with E-state index in [9.17, 15) is 18.0 Å². The summed E-state index contributed by atoms with van der Waals surface area (Å²) >= 11 is 0. The van der Waals surface area contributed by atoms with Gasteiger partial charge in [0, 0.05) is 31.4 Å². The molecule has 0 spiro atoms. The van der Waals surface area contributed by atoms with Crippen LogP contribution in [0, 0.1) is 0 Å². The molecule has 3 heterocycles. The largest absolute Gasteiger partial charge is 0.363 e. The van der Waals surface area contributed by atoms with Gasteiger partial charge in [-0.1, -0.05) is 5.16 Å². The number of aromatic nitrogens is 2. The van der Waals surface area contributed by atoms with Crippen molar-refractivity contribution in [1.29, 1.82) is 0 Å². The zero-order chi connectivity index (χ0) is 17.2. The topological polar surface area (TPSA) is 115 Å². The van der Waals surface area contributed by atoms with Crippen LogP contribution in [-0.2, 0) is 21.4 Å². The molecule has 3 rings (SSSR count). The number of pyridine rings is 1. The molecule has 24 heavy (non-hydrogen) atoms. The van der Waals surface area contributed by atoms with Crippen molar-refractivity contribution in [1.82, 2.24) is 14.0 Å². The molecule has 0 atom stereocenters. The zero-order valence-electron chi connectivity index (χ0n) is 12.7. The molecule has 2 aromatic rings. The Bertz CT molecular complexity index is 882. The number of hydrogen-bond acceptors (Lipinski definition) is 6. The Kier molecular flexibility index (Phi) is 4.49. The second-order valence-electron chi connectivity index (χ2n) is 5.37. The van der Waals surface area contributed by atoms with Gasteiger partial charge in [-0.3, -0.25) is 9.59 Å². The molecule has 1 saturated heterocycles. The van der Waals surface area contributed by atoms with Crippen LogP contribution in [-0.4, -0.2) is 41.4 Å². The highest BCUT2D eigenvalue weighted by Crippen LogP contribution is 2.19. The lowest BCUT2D eigenvalue weighted by Crippen LogP contribution is -2.31. The second kappa shape index (κ2) is 6.57. The van der Waals surface area contributed by atoms with E-state index in [1.165, 1.54) is 28.9 Å². The number of carbonyl (C=O) groups excluding carboxylic acids is 1. The molecular formula is C14H16N4O5S. The monoisotopic (exact) mass is 352 g/mol. The van der Waals surface area contributed by atoms with Crippen LogP contribution in [0.1, 0.15) is 12.8 Å². The molecule has 128 valence electrons. The van der Waals surface area contributed by atoms with E-state index in [0.29, 0.717) is 13.1 Å². The van der Waals surface area contributed by atoms with Crippen molar-refractivity contribution in [2.75, 3.05) is 18.4 Å². The fourth-order valence-corrected chi connectivity index (χ4v) is 4.01. The van der Waals surface area contributed by atoms with Crippen molar-refractivity contribution in [3.05, 3.63) is 41.0 Å². The summed E-state index contributed by atoms with van der Waals surface area (Å²) in [6, 6.07) is 3.86. The predicted octanol–water partition coefficient (Wildman–Crippen LogP) is 0.259. The van der Waals surface area contributed by atoms with Gasteiger partial charge in [0.1, 0.15) is 12.8 Å². The van der Waals surface area contributed by atoms with Gasteiger partial charge in [-0.2, -0.15) is 4.31 Å². The third-order valence-electron chi connectivity index (χ3n) is 3.68. The molecule has 1 aliphatic rings. The molecule has 0 saturated carbocycles. The molecule has 0 bridgehead atoms. The minimum Gasteiger partial charge on any atom is -0.363 e. The summed E-state index contributed by atoms with van der Waals surface area (Å²) in [5.74, 6) is -0.296. The molecule has 9 nitrogen and oxygen atoms in total. The van der Waals surface area contributed by atoms with E-state index < -0.39 is 21.5 Å². The highest BCUT2D eigenvalue weighted by atomic mass is 32.2. The Labute approximate surface area is 137 Å². The Morgan fingerprint density at radius 1 is 1.25 bits per heavy atom. The van der Waals surface area contributed by atoms with Crippen LogP contribution in [0.25, 0.3) is 0 Å². The lowest BCUT2D eigenvalue weighted by atomic mass is 10.4. The average molecular weight is 352 g/mol. The first-order valence-electron chi connectivity index (χ1n) is 7.38. The van der Waals surface area contributed by atoms with Crippen LogP contribution >= 0.6 is 0 Å². The van der Waals surface area contributed by atoms with E-state index in [-0.39, 0.29) is 17.3 Å². The van der Waals surface area contributed by atoms with Crippen LogP contribution < -0.4 is 10.9 Å². The van der Waals surface area contributed by atoms with Crippen molar-refractivity contribution < 1.29 is 17.7 Å². The number of rotatable bonds is 5. The fourth-order valence-electron chi connectivity index (χ4n) is 2.48. The van der Waals surface area contributed by atoms with Crippen molar-refractivity contribution in [3.8, 4) is 0 Å². The summed E-state index contributed by atoms with van der Waals surface area (Å²) in [5.41, 5.74) is -0.467. The number of sulfonamides is 1. The summed E-state index contributed by atoms with van der Waals surface area (Å²) < 4.78 is 32.1. The number of hydrogen-bond donors (Lipinski definition) is 1. The first-order chi connectivity index (χ1) is 11.5. The summed E-state index contributed by atoms with van der Waals surface area (Å²) in [6.07, 6.45) is 4.13. The van der Waals surface area contributed by atoms with E-state index in [2.05, 4.69) is 15.0 Å². The Morgan fingerprint density at radius 3 is 2.67 bits per heavy atom. The third kappa shape index (κ3) is 3.39. The summed E-state index contributed by atoms with van der Waals surface area (Å²) in [4.78, 5) is 23.8. The first-order valence-corrected chi connectivity index (χ1v) is 8.82. The second-order valence-corrected chi connectivity index (χ2v) is 7.31. The van der Waals surface area contributed by atoms with Gasteiger partial charge in [0.05, 0.1) is 4.90 Å². The molecule has 0 unspecified atom stereocenters. The summed E-state index contributed by atoms with van der Waals surface area (Å²) in [6.45, 7) is 0.608. The van der Waals surface area contributed by atoms with Crippen molar-refractivity contribution in [3.63, 3.8) is 0 Å². The van der Waals surface area contributed by atoms with Crippen LogP contribution in [0.5, 0.6) is 0 Å². The summed E-state index contributed by atoms with van der Waals surface area (Å²) in [5, 5.41) is 5.98. The lowest BCUT2D eigenvalue weighted by Gasteiger charge is -2.16. The van der Waals surface area contributed by atoms with Crippen LogP contribution in [0.15, 0.2) is 44.9 Å². The summed E-state index contributed by atoms with van der Waals surface area (Å²) in [7, 11) is -3.65. The van der Waals surface area contributed by atoms with Crippen LogP contribution in [0.4, 0.5) is 5.82 Å². The Balaban J connectivity index is 1.81. The number of anilines is 1. The number of amides is 1. The molecule has 0 aliphatic carbocycles. The average Bonchev–Trinajstić information content (AvgIpc) is 3.22. The third-order valence-corrected chi connectivity index (χ3v) is 5.56. The van der Waals surface area contributed by atoms with E-state index >= 15 is 0 Å². The van der Waals surface area contributed by atoms with Gasteiger partial charge in [-0.25, -0.2) is 8.42 Å². The van der Waals surface area contributed by atoms with Gasteiger partial charge in [0.2, 0.25) is 15.9 Å². The quantitative estimate of drug-likeness (QED) is 0.825. The molecule has 0 radical (unpaired) electrons. The maximum Gasteiger partial charge on any atom is 0.251 e. The highest BCUT2D eigenvalue weighted by molar-refractivity contribution is 7.89. The van der Waals surface area contributed by atoms with Gasteiger partial charge in [-0.05, 0) is 18.9 Å². The Morgan fingerprint density at radius 2 is 2.00 bits per heavy atom. The predicted molar refractivity (Wildman–Crippen MR) is 83.8 cm³/mol. The van der Waals surface area contributed by atoms with Gasteiger partial charge >= 0.3 is 0 Å². The molecule has 1 fully saturated rings.